The number of carbonyl (C=O) groups excluding carboxylic acids is 1. The van der Waals surface area contributed by atoms with E-state index in [4.69, 9.17) is 4.74 Å². The van der Waals surface area contributed by atoms with E-state index in [1.165, 1.54) is 36.8 Å². The first-order valence-electron chi connectivity index (χ1n) is 8.57. The molecule has 0 N–H and O–H groups in total. The predicted octanol–water partition coefficient (Wildman–Crippen LogP) is 3.90. The molecule has 0 aromatic heterocycles. The zero-order valence-electron chi connectivity index (χ0n) is 14.0. The van der Waals surface area contributed by atoms with E-state index in [-0.39, 0.29) is 12.5 Å². The first-order valence-corrected chi connectivity index (χ1v) is 8.57. The Morgan fingerprint density at radius 2 is 2.00 bits per heavy atom. The second-order valence-electron chi connectivity index (χ2n) is 7.18. The number of aryl methyl sites for hydroxylation is 1. The Morgan fingerprint density at radius 1 is 1.27 bits per heavy atom. The highest BCUT2D eigenvalue weighted by molar-refractivity contribution is 5.78. The first-order chi connectivity index (χ1) is 10.5. The maximum Gasteiger partial charge on any atom is 0.260 e. The molecule has 1 aromatic rings. The van der Waals surface area contributed by atoms with Crippen molar-refractivity contribution >= 4 is 5.91 Å². The summed E-state index contributed by atoms with van der Waals surface area (Å²) < 4.78 is 5.75. The van der Waals surface area contributed by atoms with Crippen LogP contribution in [-0.2, 0) is 4.79 Å². The molecule has 2 fully saturated rings. The summed E-state index contributed by atoms with van der Waals surface area (Å²) >= 11 is 0. The summed E-state index contributed by atoms with van der Waals surface area (Å²) in [7, 11) is 0. The summed E-state index contributed by atoms with van der Waals surface area (Å²) in [6.45, 7) is 7.60. The van der Waals surface area contributed by atoms with Crippen molar-refractivity contribution in [3.8, 4) is 5.75 Å². The lowest BCUT2D eigenvalue weighted by atomic mass is 9.98. The molecule has 2 aliphatic carbocycles. The molecule has 3 rings (SSSR count). The lowest BCUT2D eigenvalue weighted by molar-refractivity contribution is -0.134. The van der Waals surface area contributed by atoms with Crippen molar-refractivity contribution in [3.63, 3.8) is 0 Å². The number of rotatable bonds is 7. The number of amides is 1. The molecule has 1 aromatic carbocycles. The molecule has 0 bridgehead atoms. The summed E-state index contributed by atoms with van der Waals surface area (Å²) in [5, 5.41) is 0. The van der Waals surface area contributed by atoms with Crippen molar-refractivity contribution in [2.24, 2.45) is 5.92 Å². The minimum atomic E-state index is 0.153. The molecule has 2 aliphatic rings. The quantitative estimate of drug-likeness (QED) is 0.764. The molecule has 1 amide bonds. The number of benzene rings is 1. The van der Waals surface area contributed by atoms with E-state index in [9.17, 15) is 4.79 Å². The van der Waals surface area contributed by atoms with E-state index in [2.05, 4.69) is 31.7 Å². The lowest BCUT2D eigenvalue weighted by Gasteiger charge is -2.22. The number of carbonyl (C=O) groups is 1. The van der Waals surface area contributed by atoms with Crippen molar-refractivity contribution in [1.29, 1.82) is 0 Å². The normalized spacial score (nSPS) is 17.6. The van der Waals surface area contributed by atoms with Gasteiger partial charge in [0.05, 0.1) is 0 Å². The second kappa shape index (κ2) is 6.31. The Morgan fingerprint density at radius 3 is 2.55 bits per heavy atom. The molecule has 0 spiro atoms. The fourth-order valence-electron chi connectivity index (χ4n) is 3.03. The van der Waals surface area contributed by atoms with Gasteiger partial charge >= 0.3 is 0 Å². The molecule has 22 heavy (non-hydrogen) atoms. The summed E-state index contributed by atoms with van der Waals surface area (Å²) in [5.41, 5.74) is 2.57. The van der Waals surface area contributed by atoms with Gasteiger partial charge in [-0.05, 0) is 67.7 Å². The zero-order valence-corrected chi connectivity index (χ0v) is 14.0. The van der Waals surface area contributed by atoms with E-state index >= 15 is 0 Å². The highest BCUT2D eigenvalue weighted by Crippen LogP contribution is 2.35. The molecule has 3 heteroatoms. The molecule has 0 aliphatic heterocycles. The maximum absolute atomic E-state index is 12.4. The Bertz CT molecular complexity index is 544. The largest absolute Gasteiger partial charge is 0.484 e. The van der Waals surface area contributed by atoms with Crippen LogP contribution in [0.1, 0.15) is 56.6 Å². The Hall–Kier alpha value is -1.51. The smallest absolute Gasteiger partial charge is 0.260 e. The van der Waals surface area contributed by atoms with Gasteiger partial charge in [0, 0.05) is 12.6 Å². The predicted molar refractivity (Wildman–Crippen MR) is 88.2 cm³/mol. The van der Waals surface area contributed by atoms with Crippen molar-refractivity contribution in [2.75, 3.05) is 13.2 Å². The van der Waals surface area contributed by atoms with Gasteiger partial charge in [-0.25, -0.2) is 0 Å². The van der Waals surface area contributed by atoms with Gasteiger partial charge in [0.25, 0.3) is 5.91 Å². The monoisotopic (exact) mass is 301 g/mol. The average molecular weight is 301 g/mol. The van der Waals surface area contributed by atoms with Gasteiger partial charge < -0.3 is 9.64 Å². The minimum Gasteiger partial charge on any atom is -0.484 e. The van der Waals surface area contributed by atoms with Crippen molar-refractivity contribution in [3.05, 3.63) is 29.3 Å². The molecule has 0 atom stereocenters. The Balaban J connectivity index is 1.56. The van der Waals surface area contributed by atoms with Gasteiger partial charge in [0.1, 0.15) is 5.75 Å². The minimum absolute atomic E-state index is 0.153. The number of hydrogen-bond acceptors (Lipinski definition) is 2. The van der Waals surface area contributed by atoms with E-state index in [1.807, 2.05) is 12.1 Å². The van der Waals surface area contributed by atoms with Gasteiger partial charge in [-0.15, -0.1) is 0 Å². The molecule has 0 heterocycles. The van der Waals surface area contributed by atoms with Crippen LogP contribution in [0.4, 0.5) is 0 Å². The molecule has 0 radical (unpaired) electrons. The molecule has 0 saturated heterocycles. The molecule has 3 nitrogen and oxygen atoms in total. The molecule has 0 unspecified atom stereocenters. The van der Waals surface area contributed by atoms with Crippen molar-refractivity contribution in [2.45, 2.75) is 58.4 Å². The standard InChI is InChI=1S/C19H27NO2/c1-13(2)18-9-8-17(10-14(18)3)22-12-19(21)20(16-6-7-16)11-15-4-5-15/h8-10,13,15-16H,4-7,11-12H2,1-3H3. The van der Waals surface area contributed by atoms with Gasteiger partial charge in [0.15, 0.2) is 6.61 Å². The Labute approximate surface area is 133 Å². The molecule has 2 saturated carbocycles. The van der Waals surface area contributed by atoms with E-state index in [0.29, 0.717) is 12.0 Å². The number of ether oxygens (including phenoxy) is 1. The van der Waals surface area contributed by atoms with Crippen LogP contribution in [-0.4, -0.2) is 30.0 Å². The highest BCUT2D eigenvalue weighted by atomic mass is 16.5. The zero-order chi connectivity index (χ0) is 15.7. The SMILES string of the molecule is Cc1cc(OCC(=O)N(CC2CC2)C2CC2)ccc1C(C)C. The van der Waals surface area contributed by atoms with Crippen LogP contribution < -0.4 is 4.74 Å². The number of hydrogen-bond donors (Lipinski definition) is 0. The van der Waals surface area contributed by atoms with Crippen LogP contribution in [0.3, 0.4) is 0 Å². The molecule has 120 valence electrons. The third kappa shape index (κ3) is 3.82. The third-order valence-corrected chi connectivity index (χ3v) is 4.69. The Kier molecular flexibility index (Phi) is 4.42. The average Bonchev–Trinajstić information content (AvgIpc) is 3.35. The van der Waals surface area contributed by atoms with Crippen LogP contribution in [0.25, 0.3) is 0 Å². The van der Waals surface area contributed by atoms with E-state index in [1.54, 1.807) is 0 Å². The fourth-order valence-corrected chi connectivity index (χ4v) is 3.03. The van der Waals surface area contributed by atoms with Gasteiger partial charge in [-0.3, -0.25) is 4.79 Å². The van der Waals surface area contributed by atoms with Crippen LogP contribution in [0.15, 0.2) is 18.2 Å². The van der Waals surface area contributed by atoms with E-state index < -0.39 is 0 Å². The van der Waals surface area contributed by atoms with Crippen molar-refractivity contribution < 1.29 is 9.53 Å². The van der Waals surface area contributed by atoms with Crippen LogP contribution in [0, 0.1) is 12.8 Å². The van der Waals surface area contributed by atoms with E-state index in [0.717, 1.165) is 18.2 Å². The summed E-state index contributed by atoms with van der Waals surface area (Å²) in [5.74, 6) is 2.22. The first kappa shape index (κ1) is 15.4. The summed E-state index contributed by atoms with van der Waals surface area (Å²) in [4.78, 5) is 14.5. The lowest BCUT2D eigenvalue weighted by Crippen LogP contribution is -2.38. The van der Waals surface area contributed by atoms with Gasteiger partial charge in [-0.2, -0.15) is 0 Å². The third-order valence-electron chi connectivity index (χ3n) is 4.69. The number of nitrogens with zero attached hydrogens (tertiary/aromatic N) is 1. The van der Waals surface area contributed by atoms with Crippen LogP contribution in [0.5, 0.6) is 5.75 Å². The summed E-state index contributed by atoms with van der Waals surface area (Å²) in [6, 6.07) is 6.63. The topological polar surface area (TPSA) is 29.5 Å². The molecular weight excluding hydrogens is 274 g/mol. The van der Waals surface area contributed by atoms with Crippen LogP contribution in [0.2, 0.25) is 0 Å². The van der Waals surface area contributed by atoms with Crippen molar-refractivity contribution in [1.82, 2.24) is 4.90 Å². The van der Waals surface area contributed by atoms with Gasteiger partial charge in [0.2, 0.25) is 0 Å². The second-order valence-corrected chi connectivity index (χ2v) is 7.18. The molecular formula is C19H27NO2. The maximum atomic E-state index is 12.4. The fraction of sp³-hybridized carbons (Fsp3) is 0.632. The highest BCUT2D eigenvalue weighted by Gasteiger charge is 2.36. The van der Waals surface area contributed by atoms with Gasteiger partial charge in [-0.1, -0.05) is 19.9 Å². The van der Waals surface area contributed by atoms with Crippen LogP contribution >= 0.6 is 0 Å². The summed E-state index contributed by atoms with van der Waals surface area (Å²) in [6.07, 6.45) is 4.90.